The van der Waals surface area contributed by atoms with Gasteiger partial charge in [0.1, 0.15) is 11.9 Å². The second-order valence-electron chi connectivity index (χ2n) is 7.15. The SMILES string of the molecule is C[C@@H](NC(=O)C1CCN(S(=O)(=O)c2ccc(F)cc2)CC1)C(=O)NC1CC1. The van der Waals surface area contributed by atoms with E-state index in [1.165, 1.54) is 16.4 Å². The summed E-state index contributed by atoms with van der Waals surface area (Å²) in [5.41, 5.74) is 0. The number of nitrogens with zero attached hydrogens (tertiary/aromatic N) is 1. The summed E-state index contributed by atoms with van der Waals surface area (Å²) in [7, 11) is -3.70. The van der Waals surface area contributed by atoms with Crippen molar-refractivity contribution < 1.29 is 22.4 Å². The first-order valence-electron chi connectivity index (χ1n) is 9.14. The highest BCUT2D eigenvalue weighted by Crippen LogP contribution is 2.24. The second kappa shape index (κ2) is 7.93. The summed E-state index contributed by atoms with van der Waals surface area (Å²) >= 11 is 0. The van der Waals surface area contributed by atoms with Crippen LogP contribution in [0.2, 0.25) is 0 Å². The number of hydrogen-bond donors (Lipinski definition) is 2. The Morgan fingerprint density at radius 3 is 2.26 bits per heavy atom. The molecule has 0 spiro atoms. The Morgan fingerprint density at radius 2 is 1.70 bits per heavy atom. The Hall–Kier alpha value is -2.00. The molecule has 1 saturated heterocycles. The van der Waals surface area contributed by atoms with E-state index in [4.69, 9.17) is 0 Å². The molecule has 2 amide bonds. The number of carbonyl (C=O) groups excluding carboxylic acids is 2. The van der Waals surface area contributed by atoms with Crippen molar-refractivity contribution in [3.63, 3.8) is 0 Å². The minimum absolute atomic E-state index is 0.0390. The van der Waals surface area contributed by atoms with Gasteiger partial charge >= 0.3 is 0 Å². The van der Waals surface area contributed by atoms with Crippen LogP contribution in [0.5, 0.6) is 0 Å². The van der Waals surface area contributed by atoms with Gasteiger partial charge in [0.05, 0.1) is 4.90 Å². The Kier molecular flexibility index (Phi) is 5.81. The first kappa shape index (κ1) is 19.8. The van der Waals surface area contributed by atoms with E-state index in [9.17, 15) is 22.4 Å². The molecule has 2 N–H and O–H groups in total. The van der Waals surface area contributed by atoms with E-state index < -0.39 is 21.9 Å². The fourth-order valence-corrected chi connectivity index (χ4v) is 4.53. The minimum atomic E-state index is -3.70. The summed E-state index contributed by atoms with van der Waals surface area (Å²) in [6, 6.07) is 4.33. The molecule has 2 aliphatic rings. The highest BCUT2D eigenvalue weighted by atomic mass is 32.2. The Bertz CT molecular complexity index is 800. The summed E-state index contributed by atoms with van der Waals surface area (Å²) in [4.78, 5) is 24.4. The quantitative estimate of drug-likeness (QED) is 0.749. The molecule has 3 rings (SSSR count). The number of rotatable bonds is 6. The lowest BCUT2D eigenvalue weighted by atomic mass is 9.97. The zero-order chi connectivity index (χ0) is 19.6. The van der Waals surface area contributed by atoms with Crippen LogP contribution in [0.3, 0.4) is 0 Å². The molecule has 1 heterocycles. The van der Waals surface area contributed by atoms with Gasteiger partial charge in [-0.1, -0.05) is 0 Å². The van der Waals surface area contributed by atoms with Gasteiger partial charge in [-0.25, -0.2) is 12.8 Å². The largest absolute Gasteiger partial charge is 0.352 e. The zero-order valence-electron chi connectivity index (χ0n) is 15.2. The van der Waals surface area contributed by atoms with E-state index >= 15 is 0 Å². The predicted molar refractivity (Wildman–Crippen MR) is 96.7 cm³/mol. The lowest BCUT2D eigenvalue weighted by molar-refractivity contribution is -0.131. The summed E-state index contributed by atoms with van der Waals surface area (Å²) in [6.45, 7) is 2.06. The zero-order valence-corrected chi connectivity index (χ0v) is 16.0. The molecular formula is C18H24FN3O4S. The van der Waals surface area contributed by atoms with Crippen LogP contribution in [-0.2, 0) is 19.6 Å². The lowest BCUT2D eigenvalue weighted by Crippen LogP contribution is -2.49. The van der Waals surface area contributed by atoms with E-state index in [1.54, 1.807) is 6.92 Å². The lowest BCUT2D eigenvalue weighted by Gasteiger charge is -2.31. The molecule has 1 aromatic rings. The maximum absolute atomic E-state index is 13.0. The molecule has 0 unspecified atom stereocenters. The molecule has 0 radical (unpaired) electrons. The molecule has 7 nitrogen and oxygen atoms in total. The molecule has 1 aliphatic carbocycles. The predicted octanol–water partition coefficient (Wildman–Crippen LogP) is 1.01. The number of sulfonamides is 1. The molecule has 1 aromatic carbocycles. The molecule has 148 valence electrons. The number of hydrogen-bond acceptors (Lipinski definition) is 4. The Morgan fingerprint density at radius 1 is 1.11 bits per heavy atom. The van der Waals surface area contributed by atoms with Crippen LogP contribution in [0.1, 0.15) is 32.6 Å². The fourth-order valence-electron chi connectivity index (χ4n) is 3.06. The fraction of sp³-hybridized carbons (Fsp3) is 0.556. The van der Waals surface area contributed by atoms with Crippen LogP contribution in [0.4, 0.5) is 4.39 Å². The molecule has 0 bridgehead atoms. The van der Waals surface area contributed by atoms with Gasteiger partial charge in [0.2, 0.25) is 21.8 Å². The highest BCUT2D eigenvalue weighted by molar-refractivity contribution is 7.89. The molecule has 1 atom stereocenters. The molecule has 1 saturated carbocycles. The van der Waals surface area contributed by atoms with Gasteiger partial charge in [-0.15, -0.1) is 0 Å². The van der Waals surface area contributed by atoms with Crippen LogP contribution in [0.15, 0.2) is 29.2 Å². The topological polar surface area (TPSA) is 95.6 Å². The number of benzene rings is 1. The number of piperidine rings is 1. The summed E-state index contributed by atoms with van der Waals surface area (Å²) < 4.78 is 39.5. The maximum atomic E-state index is 13.0. The van der Waals surface area contributed by atoms with Gasteiger partial charge in [-0.05, 0) is 56.9 Å². The third-order valence-corrected chi connectivity index (χ3v) is 6.86. The van der Waals surface area contributed by atoms with Crippen LogP contribution < -0.4 is 10.6 Å². The van der Waals surface area contributed by atoms with E-state index in [1.807, 2.05) is 0 Å². The van der Waals surface area contributed by atoms with E-state index in [0.717, 1.165) is 25.0 Å². The third kappa shape index (κ3) is 4.84. The maximum Gasteiger partial charge on any atom is 0.243 e. The van der Waals surface area contributed by atoms with Crippen molar-refractivity contribution in [2.24, 2.45) is 5.92 Å². The Labute approximate surface area is 158 Å². The first-order chi connectivity index (χ1) is 12.8. The molecule has 9 heteroatoms. The average molecular weight is 397 g/mol. The van der Waals surface area contributed by atoms with Crippen LogP contribution in [0, 0.1) is 11.7 Å². The third-order valence-electron chi connectivity index (χ3n) is 4.95. The van der Waals surface area contributed by atoms with Crippen molar-refractivity contribution >= 4 is 21.8 Å². The molecule has 27 heavy (non-hydrogen) atoms. The number of nitrogens with one attached hydrogen (secondary N) is 2. The van der Waals surface area contributed by atoms with Crippen molar-refractivity contribution in [2.45, 2.75) is 49.6 Å². The molecule has 1 aliphatic heterocycles. The van der Waals surface area contributed by atoms with E-state index in [-0.39, 0.29) is 41.8 Å². The summed E-state index contributed by atoms with van der Waals surface area (Å²) in [6.07, 6.45) is 2.72. The summed E-state index contributed by atoms with van der Waals surface area (Å²) in [5, 5.41) is 5.56. The van der Waals surface area contributed by atoms with Crippen molar-refractivity contribution in [3.05, 3.63) is 30.1 Å². The molecule has 2 fully saturated rings. The molecular weight excluding hydrogens is 373 g/mol. The second-order valence-corrected chi connectivity index (χ2v) is 9.08. The van der Waals surface area contributed by atoms with Gasteiger partial charge < -0.3 is 10.6 Å². The number of amides is 2. The van der Waals surface area contributed by atoms with Crippen LogP contribution in [0.25, 0.3) is 0 Å². The van der Waals surface area contributed by atoms with Crippen LogP contribution in [-0.4, -0.2) is 49.7 Å². The number of carbonyl (C=O) groups is 2. The minimum Gasteiger partial charge on any atom is -0.352 e. The van der Waals surface area contributed by atoms with Gasteiger partial charge in [-0.3, -0.25) is 9.59 Å². The van der Waals surface area contributed by atoms with Gasteiger partial charge in [0, 0.05) is 25.0 Å². The summed E-state index contributed by atoms with van der Waals surface area (Å²) in [5.74, 6) is -1.25. The first-order valence-corrected chi connectivity index (χ1v) is 10.6. The highest BCUT2D eigenvalue weighted by Gasteiger charge is 2.33. The normalized spacial score (nSPS) is 20.1. The van der Waals surface area contributed by atoms with Crippen LogP contribution >= 0.6 is 0 Å². The van der Waals surface area contributed by atoms with Crippen molar-refractivity contribution in [1.82, 2.24) is 14.9 Å². The smallest absolute Gasteiger partial charge is 0.243 e. The molecule has 0 aromatic heterocycles. The Balaban J connectivity index is 1.52. The van der Waals surface area contributed by atoms with Crippen molar-refractivity contribution in [2.75, 3.05) is 13.1 Å². The van der Waals surface area contributed by atoms with Crippen molar-refractivity contribution in [1.29, 1.82) is 0 Å². The van der Waals surface area contributed by atoms with Gasteiger partial charge in [-0.2, -0.15) is 4.31 Å². The standard InChI is InChI=1S/C18H24FN3O4S/c1-12(17(23)21-15-4-5-15)20-18(24)13-8-10-22(11-9-13)27(25,26)16-6-2-14(19)3-7-16/h2-3,6-7,12-13,15H,4-5,8-11H2,1H3,(H,20,24)(H,21,23)/t12-/m1/s1. The average Bonchev–Trinajstić information content (AvgIpc) is 3.46. The van der Waals surface area contributed by atoms with E-state index in [0.29, 0.717) is 12.8 Å². The van der Waals surface area contributed by atoms with Gasteiger partial charge in [0.25, 0.3) is 0 Å². The van der Waals surface area contributed by atoms with E-state index in [2.05, 4.69) is 10.6 Å². The van der Waals surface area contributed by atoms with Crippen molar-refractivity contribution in [3.8, 4) is 0 Å². The number of halogens is 1. The monoisotopic (exact) mass is 397 g/mol. The van der Waals surface area contributed by atoms with Gasteiger partial charge in [0.15, 0.2) is 0 Å².